The molecule has 0 aromatic heterocycles. The van der Waals surface area contributed by atoms with Gasteiger partial charge in [0.15, 0.2) is 6.29 Å². The first-order valence-electron chi connectivity index (χ1n) is 4.51. The van der Waals surface area contributed by atoms with E-state index in [9.17, 15) is 4.57 Å². The van der Waals surface area contributed by atoms with Crippen molar-refractivity contribution < 1.29 is 18.1 Å². The van der Waals surface area contributed by atoms with Crippen molar-refractivity contribution in [2.24, 2.45) is 0 Å². The molecule has 0 aromatic rings. The molecule has 13 heavy (non-hydrogen) atoms. The van der Waals surface area contributed by atoms with Crippen LogP contribution in [0.1, 0.15) is 13.8 Å². The Morgan fingerprint density at radius 2 is 1.46 bits per heavy atom. The zero-order chi connectivity index (χ0) is 10.5. The molecule has 0 spiro atoms. The summed E-state index contributed by atoms with van der Waals surface area (Å²) in [5, 5.41) is 0. The minimum absolute atomic E-state index is 0.411. The number of quaternary nitrogens is 1. The molecule has 0 heterocycles. The second-order valence-electron chi connectivity index (χ2n) is 3.88. The van der Waals surface area contributed by atoms with E-state index in [1.807, 2.05) is 35.0 Å². The molecule has 0 unspecified atom stereocenters. The predicted octanol–water partition coefficient (Wildman–Crippen LogP) is 1.92. The number of nitrogens with zero attached hydrogens (tertiary/aromatic N) is 1. The van der Waals surface area contributed by atoms with Crippen LogP contribution in [0, 0.1) is 0 Å². The minimum atomic E-state index is -2.87. The number of hydrogen-bond donors (Lipinski definition) is 0. The van der Waals surface area contributed by atoms with E-state index in [2.05, 4.69) is 0 Å². The van der Waals surface area contributed by atoms with Crippen molar-refractivity contribution in [2.45, 2.75) is 13.8 Å². The van der Waals surface area contributed by atoms with Gasteiger partial charge in [-0.15, -0.1) is 0 Å². The fourth-order valence-electron chi connectivity index (χ4n) is 1.03. The Morgan fingerprint density at radius 1 is 1.08 bits per heavy atom. The van der Waals surface area contributed by atoms with Crippen molar-refractivity contribution in [2.75, 3.05) is 40.6 Å². The van der Waals surface area contributed by atoms with Crippen LogP contribution in [0.5, 0.6) is 0 Å². The molecule has 0 saturated carbocycles. The zero-order valence-electron chi connectivity index (χ0n) is 9.24. The second kappa shape index (κ2) is 5.11. The van der Waals surface area contributed by atoms with Gasteiger partial charge in [0.1, 0.15) is 0 Å². The third-order valence-corrected chi connectivity index (χ3v) is 3.75. The molecule has 0 bridgehead atoms. The van der Waals surface area contributed by atoms with Crippen LogP contribution in [-0.4, -0.2) is 45.1 Å². The largest absolute Gasteiger partial charge is 0.384 e. The van der Waals surface area contributed by atoms with Gasteiger partial charge in [-0.1, -0.05) is 0 Å². The highest BCUT2D eigenvalue weighted by molar-refractivity contribution is 7.53. The van der Waals surface area contributed by atoms with Gasteiger partial charge in [-0.3, -0.25) is 4.57 Å². The molecule has 0 N–H and O–H groups in total. The molecule has 0 aromatic carbocycles. The summed E-state index contributed by atoms with van der Waals surface area (Å²) in [6.45, 7) is 4.50. The summed E-state index contributed by atoms with van der Waals surface area (Å²) in [7, 11) is 3.02. The van der Waals surface area contributed by atoms with Crippen LogP contribution in [0.15, 0.2) is 0 Å². The smallest absolute Gasteiger partial charge is 0.321 e. The molecule has 0 aliphatic carbocycles. The number of hydrogen-bond acceptors (Lipinski definition) is 3. The van der Waals surface area contributed by atoms with Crippen molar-refractivity contribution >= 4 is 7.60 Å². The summed E-state index contributed by atoms with van der Waals surface area (Å²) in [4.78, 5) is 0. The summed E-state index contributed by atoms with van der Waals surface area (Å²) < 4.78 is 22.9. The first kappa shape index (κ1) is 13.1. The van der Waals surface area contributed by atoms with Gasteiger partial charge in [0, 0.05) is 0 Å². The number of rotatable bonds is 6. The average molecular weight is 210 g/mol. The predicted molar refractivity (Wildman–Crippen MR) is 53.8 cm³/mol. The van der Waals surface area contributed by atoms with Crippen LogP contribution in [0.2, 0.25) is 0 Å². The van der Waals surface area contributed by atoms with Crippen LogP contribution in [0.25, 0.3) is 0 Å². The van der Waals surface area contributed by atoms with Crippen LogP contribution in [-0.2, 0) is 13.6 Å². The lowest BCUT2D eigenvalue weighted by molar-refractivity contribution is -0.859. The Balaban J connectivity index is 4.33. The van der Waals surface area contributed by atoms with E-state index in [0.29, 0.717) is 24.0 Å². The van der Waals surface area contributed by atoms with Gasteiger partial charge in [0.2, 0.25) is 0 Å². The Hall–Kier alpha value is 0.110. The van der Waals surface area contributed by atoms with Gasteiger partial charge in [0.25, 0.3) is 0 Å². The first-order valence-corrected chi connectivity index (χ1v) is 6.24. The highest BCUT2D eigenvalue weighted by Crippen LogP contribution is 2.48. The van der Waals surface area contributed by atoms with Crippen molar-refractivity contribution in [1.29, 1.82) is 0 Å². The van der Waals surface area contributed by atoms with Crippen LogP contribution in [0.4, 0.5) is 0 Å². The van der Waals surface area contributed by atoms with Gasteiger partial charge >= 0.3 is 7.60 Å². The average Bonchev–Trinajstić information content (AvgIpc) is 1.82. The first-order chi connectivity index (χ1) is 5.83. The van der Waals surface area contributed by atoms with Gasteiger partial charge in [0.05, 0.1) is 34.4 Å². The fourth-order valence-corrected chi connectivity index (χ4v) is 3.10. The van der Waals surface area contributed by atoms with Crippen molar-refractivity contribution in [3.05, 3.63) is 0 Å². The molecule has 80 valence electrons. The molecule has 0 rings (SSSR count). The maximum absolute atomic E-state index is 12.0. The summed E-state index contributed by atoms with van der Waals surface area (Å²) in [5.74, 6) is 0. The maximum Gasteiger partial charge on any atom is 0.384 e. The molecule has 0 aliphatic heterocycles. The van der Waals surface area contributed by atoms with Gasteiger partial charge < -0.3 is 13.5 Å². The molecule has 0 amide bonds. The van der Waals surface area contributed by atoms with E-state index in [-0.39, 0.29) is 0 Å². The summed E-state index contributed by atoms with van der Waals surface area (Å²) in [6.07, 6.45) is 0.411. The normalized spacial score (nSPS) is 13.3. The SMILES string of the molecule is CCOP(=O)(C[N+](C)(C)C)OCC. The monoisotopic (exact) mass is 210 g/mol. The Labute approximate surface area is 81.0 Å². The van der Waals surface area contributed by atoms with Crippen LogP contribution < -0.4 is 0 Å². The standard InChI is InChI=1S/C8H21NO3P/c1-6-11-13(10,12-7-2)8-9(3,4)5/h6-8H2,1-5H3/q+1. The molecular weight excluding hydrogens is 189 g/mol. The quantitative estimate of drug-likeness (QED) is 0.496. The zero-order valence-corrected chi connectivity index (χ0v) is 10.1. The van der Waals surface area contributed by atoms with E-state index in [1.165, 1.54) is 0 Å². The van der Waals surface area contributed by atoms with Crippen LogP contribution in [0.3, 0.4) is 0 Å². The molecule has 0 radical (unpaired) electrons. The van der Waals surface area contributed by atoms with Crippen LogP contribution >= 0.6 is 7.60 Å². The minimum Gasteiger partial charge on any atom is -0.321 e. The molecule has 0 fully saturated rings. The van der Waals surface area contributed by atoms with Gasteiger partial charge in [-0.25, -0.2) is 0 Å². The van der Waals surface area contributed by atoms with E-state index in [4.69, 9.17) is 9.05 Å². The summed E-state index contributed by atoms with van der Waals surface area (Å²) in [6, 6.07) is 0. The molecule has 0 saturated heterocycles. The Kier molecular flexibility index (Phi) is 5.15. The van der Waals surface area contributed by atoms with E-state index in [1.54, 1.807) is 0 Å². The third kappa shape index (κ3) is 6.22. The van der Waals surface area contributed by atoms with Crippen molar-refractivity contribution in [3.63, 3.8) is 0 Å². The second-order valence-corrected chi connectivity index (χ2v) is 5.90. The van der Waals surface area contributed by atoms with E-state index >= 15 is 0 Å². The lowest BCUT2D eigenvalue weighted by atomic mass is 10.8. The molecule has 4 nitrogen and oxygen atoms in total. The fraction of sp³-hybridized carbons (Fsp3) is 1.00. The van der Waals surface area contributed by atoms with Gasteiger partial charge in [-0.2, -0.15) is 0 Å². The van der Waals surface area contributed by atoms with Crippen molar-refractivity contribution in [3.8, 4) is 0 Å². The topological polar surface area (TPSA) is 35.5 Å². The maximum atomic E-state index is 12.0. The lowest BCUT2D eigenvalue weighted by Gasteiger charge is -2.27. The summed E-state index contributed by atoms with van der Waals surface area (Å²) >= 11 is 0. The molecule has 0 aliphatic rings. The van der Waals surface area contributed by atoms with Crippen molar-refractivity contribution in [1.82, 2.24) is 0 Å². The third-order valence-electron chi connectivity index (χ3n) is 1.25. The van der Waals surface area contributed by atoms with E-state index < -0.39 is 7.60 Å². The Morgan fingerprint density at radius 3 is 1.69 bits per heavy atom. The highest BCUT2D eigenvalue weighted by atomic mass is 31.2. The Bertz CT molecular complexity index is 178. The molecule has 0 atom stereocenters. The molecular formula is C8H21NO3P+. The van der Waals surface area contributed by atoms with Gasteiger partial charge in [-0.05, 0) is 13.8 Å². The van der Waals surface area contributed by atoms with E-state index in [0.717, 1.165) is 0 Å². The highest BCUT2D eigenvalue weighted by Gasteiger charge is 2.31. The summed E-state index contributed by atoms with van der Waals surface area (Å²) in [5.41, 5.74) is 0. The lowest BCUT2D eigenvalue weighted by Crippen LogP contribution is -2.35. The molecule has 5 heteroatoms.